The second-order valence-corrected chi connectivity index (χ2v) is 4.53. The van der Waals surface area contributed by atoms with E-state index in [4.69, 9.17) is 26.4 Å². The van der Waals surface area contributed by atoms with Gasteiger partial charge in [-0.15, -0.1) is 0 Å². The number of benzene rings is 1. The van der Waals surface area contributed by atoms with Crippen molar-refractivity contribution >= 4 is 23.0 Å². The largest absolute Gasteiger partial charge is 0.497 e. The first-order chi connectivity index (χ1) is 10.1. The molecule has 0 aromatic heterocycles. The molecule has 0 unspecified atom stereocenters. The maximum atomic E-state index is 5.32. The molecule has 0 fully saturated rings. The van der Waals surface area contributed by atoms with Crippen LogP contribution in [0.2, 0.25) is 0 Å². The van der Waals surface area contributed by atoms with Gasteiger partial charge in [-0.25, -0.2) is 0 Å². The molecule has 0 heterocycles. The number of methoxy groups -OCH3 is 3. The van der Waals surface area contributed by atoms with E-state index in [0.29, 0.717) is 18.3 Å². The SMILES string of the molecule is COCCNC(=S)N/N=C(/C)c1cc(OC)ccc1OC. The molecule has 0 spiro atoms. The average Bonchev–Trinajstić information content (AvgIpc) is 2.52. The van der Waals surface area contributed by atoms with Gasteiger partial charge in [0, 0.05) is 19.2 Å². The molecular formula is C14H21N3O3S. The van der Waals surface area contributed by atoms with E-state index >= 15 is 0 Å². The Bertz CT molecular complexity index is 506. The zero-order valence-electron chi connectivity index (χ0n) is 12.7. The smallest absolute Gasteiger partial charge is 0.187 e. The zero-order valence-corrected chi connectivity index (χ0v) is 13.5. The molecule has 0 amide bonds. The number of ether oxygens (including phenoxy) is 3. The fourth-order valence-electron chi connectivity index (χ4n) is 1.60. The second-order valence-electron chi connectivity index (χ2n) is 4.12. The highest BCUT2D eigenvalue weighted by Crippen LogP contribution is 2.24. The molecule has 7 heteroatoms. The van der Waals surface area contributed by atoms with Crippen molar-refractivity contribution in [1.29, 1.82) is 0 Å². The molecule has 6 nitrogen and oxygen atoms in total. The number of rotatable bonds is 7. The van der Waals surface area contributed by atoms with Crippen LogP contribution < -0.4 is 20.2 Å². The molecule has 0 aliphatic carbocycles. The summed E-state index contributed by atoms with van der Waals surface area (Å²) in [7, 11) is 4.86. The maximum Gasteiger partial charge on any atom is 0.187 e. The molecule has 0 atom stereocenters. The van der Waals surface area contributed by atoms with Crippen LogP contribution in [0.1, 0.15) is 12.5 Å². The number of thiocarbonyl (C=S) groups is 1. The summed E-state index contributed by atoms with van der Waals surface area (Å²) in [5.41, 5.74) is 4.36. The Morgan fingerprint density at radius 1 is 1.24 bits per heavy atom. The molecule has 1 aromatic rings. The van der Waals surface area contributed by atoms with Gasteiger partial charge in [0.1, 0.15) is 11.5 Å². The van der Waals surface area contributed by atoms with Gasteiger partial charge in [-0.1, -0.05) is 0 Å². The molecule has 0 radical (unpaired) electrons. The van der Waals surface area contributed by atoms with Gasteiger partial charge in [0.25, 0.3) is 0 Å². The van der Waals surface area contributed by atoms with E-state index in [-0.39, 0.29) is 0 Å². The number of nitrogens with one attached hydrogen (secondary N) is 2. The van der Waals surface area contributed by atoms with E-state index < -0.39 is 0 Å². The summed E-state index contributed by atoms with van der Waals surface area (Å²) in [6, 6.07) is 5.53. The van der Waals surface area contributed by atoms with E-state index in [2.05, 4.69) is 15.8 Å². The van der Waals surface area contributed by atoms with Crippen molar-refractivity contribution in [2.75, 3.05) is 34.5 Å². The highest BCUT2D eigenvalue weighted by atomic mass is 32.1. The van der Waals surface area contributed by atoms with Gasteiger partial charge in [0.05, 0.1) is 26.5 Å². The lowest BCUT2D eigenvalue weighted by atomic mass is 10.1. The minimum Gasteiger partial charge on any atom is -0.497 e. The Morgan fingerprint density at radius 3 is 2.62 bits per heavy atom. The lowest BCUT2D eigenvalue weighted by Gasteiger charge is -2.11. The molecule has 0 saturated carbocycles. The zero-order chi connectivity index (χ0) is 15.7. The predicted octanol–water partition coefficient (Wildman–Crippen LogP) is 1.54. The van der Waals surface area contributed by atoms with E-state index in [1.165, 1.54) is 0 Å². The van der Waals surface area contributed by atoms with E-state index in [0.717, 1.165) is 22.8 Å². The molecule has 21 heavy (non-hydrogen) atoms. The summed E-state index contributed by atoms with van der Waals surface area (Å²) in [4.78, 5) is 0. The van der Waals surface area contributed by atoms with Crippen LogP contribution in [0, 0.1) is 0 Å². The Kier molecular flexibility index (Phi) is 7.49. The Labute approximate surface area is 130 Å². The maximum absolute atomic E-state index is 5.32. The van der Waals surface area contributed by atoms with Crippen LogP contribution in [0.25, 0.3) is 0 Å². The molecule has 1 aromatic carbocycles. The Morgan fingerprint density at radius 2 is 2.00 bits per heavy atom. The summed E-state index contributed by atoms with van der Waals surface area (Å²) < 4.78 is 15.5. The normalized spacial score (nSPS) is 11.0. The van der Waals surface area contributed by atoms with E-state index in [1.807, 2.05) is 25.1 Å². The first-order valence-corrected chi connectivity index (χ1v) is 6.82. The Balaban J connectivity index is 2.75. The molecule has 1 rings (SSSR count). The summed E-state index contributed by atoms with van der Waals surface area (Å²) in [5.74, 6) is 1.46. The number of hydrogen-bond acceptors (Lipinski definition) is 5. The standard InChI is InChI=1S/C14H21N3O3S/c1-10(16-17-14(21)15-7-8-18-2)12-9-11(19-3)5-6-13(12)20-4/h5-6,9H,7-8H2,1-4H3,(H2,15,17,21)/b16-10-. The molecule has 0 aliphatic heterocycles. The molecule has 116 valence electrons. The summed E-state index contributed by atoms with van der Waals surface area (Å²) in [5, 5.41) is 7.66. The summed E-state index contributed by atoms with van der Waals surface area (Å²) in [6.45, 7) is 3.07. The topological polar surface area (TPSA) is 64.1 Å². The van der Waals surface area contributed by atoms with Crippen LogP contribution in [-0.4, -0.2) is 45.3 Å². The third-order valence-electron chi connectivity index (χ3n) is 2.71. The summed E-state index contributed by atoms with van der Waals surface area (Å²) >= 11 is 5.10. The minimum absolute atomic E-state index is 0.438. The molecule has 0 bridgehead atoms. The molecular weight excluding hydrogens is 290 g/mol. The van der Waals surface area contributed by atoms with Crippen LogP contribution in [0.3, 0.4) is 0 Å². The third kappa shape index (κ3) is 5.57. The van der Waals surface area contributed by atoms with E-state index in [1.54, 1.807) is 21.3 Å². The van der Waals surface area contributed by atoms with Gasteiger partial charge in [-0.05, 0) is 37.3 Å². The monoisotopic (exact) mass is 311 g/mol. The highest BCUT2D eigenvalue weighted by Gasteiger charge is 2.08. The molecule has 0 saturated heterocycles. The fourth-order valence-corrected chi connectivity index (χ4v) is 1.75. The Hall–Kier alpha value is -1.86. The van der Waals surface area contributed by atoms with Crippen molar-refractivity contribution in [2.24, 2.45) is 5.10 Å². The van der Waals surface area contributed by atoms with Crippen molar-refractivity contribution in [3.63, 3.8) is 0 Å². The van der Waals surface area contributed by atoms with Crippen molar-refractivity contribution in [3.8, 4) is 11.5 Å². The van der Waals surface area contributed by atoms with Crippen molar-refractivity contribution in [3.05, 3.63) is 23.8 Å². The average molecular weight is 311 g/mol. The first kappa shape index (κ1) is 17.2. The van der Waals surface area contributed by atoms with Crippen LogP contribution >= 0.6 is 12.2 Å². The van der Waals surface area contributed by atoms with Gasteiger partial charge in [-0.3, -0.25) is 5.43 Å². The number of hydrazone groups is 1. The second kappa shape index (κ2) is 9.15. The number of nitrogens with zero attached hydrogens (tertiary/aromatic N) is 1. The molecule has 2 N–H and O–H groups in total. The van der Waals surface area contributed by atoms with Gasteiger partial charge in [-0.2, -0.15) is 5.10 Å². The lowest BCUT2D eigenvalue weighted by molar-refractivity contribution is 0.204. The van der Waals surface area contributed by atoms with Gasteiger partial charge in [0.2, 0.25) is 0 Å². The fraction of sp³-hybridized carbons (Fsp3) is 0.429. The third-order valence-corrected chi connectivity index (χ3v) is 2.95. The van der Waals surface area contributed by atoms with Gasteiger partial charge in [0.15, 0.2) is 5.11 Å². The summed E-state index contributed by atoms with van der Waals surface area (Å²) in [6.07, 6.45) is 0. The highest BCUT2D eigenvalue weighted by molar-refractivity contribution is 7.80. The van der Waals surface area contributed by atoms with Crippen LogP contribution in [0.4, 0.5) is 0 Å². The van der Waals surface area contributed by atoms with Gasteiger partial charge >= 0.3 is 0 Å². The van der Waals surface area contributed by atoms with Crippen molar-refractivity contribution in [2.45, 2.75) is 6.92 Å². The van der Waals surface area contributed by atoms with Crippen LogP contribution in [0.15, 0.2) is 23.3 Å². The molecule has 0 aliphatic rings. The lowest BCUT2D eigenvalue weighted by Crippen LogP contribution is -2.34. The first-order valence-electron chi connectivity index (χ1n) is 6.41. The van der Waals surface area contributed by atoms with Gasteiger partial charge < -0.3 is 19.5 Å². The number of hydrogen-bond donors (Lipinski definition) is 2. The van der Waals surface area contributed by atoms with Crippen molar-refractivity contribution in [1.82, 2.24) is 10.7 Å². The van der Waals surface area contributed by atoms with Crippen LogP contribution in [0.5, 0.6) is 11.5 Å². The predicted molar refractivity (Wildman–Crippen MR) is 87.4 cm³/mol. The van der Waals surface area contributed by atoms with E-state index in [9.17, 15) is 0 Å². The minimum atomic E-state index is 0.438. The quantitative estimate of drug-likeness (QED) is 0.345. The van der Waals surface area contributed by atoms with Crippen molar-refractivity contribution < 1.29 is 14.2 Å². The van der Waals surface area contributed by atoms with Crippen LogP contribution in [-0.2, 0) is 4.74 Å².